The summed E-state index contributed by atoms with van der Waals surface area (Å²) >= 11 is 0. The fraction of sp³-hybridized carbons (Fsp3) is 0.333. The smallest absolute Gasteiger partial charge is 0.203 e. The summed E-state index contributed by atoms with van der Waals surface area (Å²) in [5.41, 5.74) is 1.60. The van der Waals surface area contributed by atoms with Gasteiger partial charge in [-0.3, -0.25) is 0 Å². The minimum atomic E-state index is -0.433. The van der Waals surface area contributed by atoms with Gasteiger partial charge in [-0.25, -0.2) is 9.38 Å². The maximum atomic E-state index is 14.1. The molecule has 0 bridgehead atoms. The molecule has 0 aliphatic heterocycles. The van der Waals surface area contributed by atoms with Crippen LogP contribution in [-0.2, 0) is 13.1 Å². The number of guanidine groups is 1. The first-order chi connectivity index (χ1) is 14.1. The van der Waals surface area contributed by atoms with Crippen molar-refractivity contribution in [1.29, 1.82) is 5.26 Å². The molecular weight excluding hydrogens is 375 g/mol. The van der Waals surface area contributed by atoms with Gasteiger partial charge in [0.15, 0.2) is 17.5 Å². The summed E-state index contributed by atoms with van der Waals surface area (Å²) in [5, 5.41) is 15.1. The summed E-state index contributed by atoms with van der Waals surface area (Å²) in [7, 11) is 4.66. The molecule has 2 aromatic carbocycles. The zero-order chi connectivity index (χ0) is 21.2. The molecule has 0 aliphatic carbocycles. The van der Waals surface area contributed by atoms with E-state index >= 15 is 0 Å². The summed E-state index contributed by atoms with van der Waals surface area (Å²) in [6.07, 6.45) is 0. The fourth-order valence-electron chi connectivity index (χ4n) is 2.68. The number of benzene rings is 2. The Morgan fingerprint density at radius 2 is 1.76 bits per heavy atom. The monoisotopic (exact) mass is 400 g/mol. The topological polar surface area (TPSA) is 87.9 Å². The first kappa shape index (κ1) is 21.8. The summed E-state index contributed by atoms with van der Waals surface area (Å²) in [4.78, 5) is 4.54. The van der Waals surface area contributed by atoms with E-state index in [1.54, 1.807) is 33.5 Å². The first-order valence-electron chi connectivity index (χ1n) is 9.05. The molecule has 2 aromatic rings. The number of rotatable bonds is 8. The van der Waals surface area contributed by atoms with Crippen LogP contribution in [0, 0.1) is 17.1 Å². The molecule has 0 saturated heterocycles. The fourth-order valence-corrected chi connectivity index (χ4v) is 2.68. The van der Waals surface area contributed by atoms with Gasteiger partial charge in [0, 0.05) is 18.7 Å². The molecular formula is C21H25FN4O3. The van der Waals surface area contributed by atoms with Crippen molar-refractivity contribution in [3.05, 3.63) is 52.8 Å². The lowest BCUT2D eigenvalue weighted by Gasteiger charge is -2.14. The quantitative estimate of drug-likeness (QED) is 0.523. The number of nitriles is 1. The van der Waals surface area contributed by atoms with E-state index in [4.69, 9.17) is 19.5 Å². The van der Waals surface area contributed by atoms with Gasteiger partial charge in [0.05, 0.1) is 39.5 Å². The summed E-state index contributed by atoms with van der Waals surface area (Å²) in [5.74, 6) is 1.72. The Hall–Kier alpha value is -3.47. The second kappa shape index (κ2) is 10.8. The molecule has 0 amide bonds. The van der Waals surface area contributed by atoms with Crippen molar-refractivity contribution in [3.8, 4) is 23.3 Å². The van der Waals surface area contributed by atoms with Crippen molar-refractivity contribution in [3.63, 3.8) is 0 Å². The number of nitrogens with zero attached hydrogens (tertiary/aromatic N) is 2. The summed E-state index contributed by atoms with van der Waals surface area (Å²) in [6.45, 7) is 3.18. The van der Waals surface area contributed by atoms with Crippen molar-refractivity contribution in [2.75, 3.05) is 27.9 Å². The average Bonchev–Trinajstić information content (AvgIpc) is 2.75. The molecule has 2 N–H and O–H groups in total. The van der Waals surface area contributed by atoms with Crippen LogP contribution in [0.5, 0.6) is 17.2 Å². The van der Waals surface area contributed by atoms with Crippen LogP contribution in [0.3, 0.4) is 0 Å². The third-order valence-corrected chi connectivity index (χ3v) is 4.12. The van der Waals surface area contributed by atoms with Crippen LogP contribution < -0.4 is 24.8 Å². The largest absolute Gasteiger partial charge is 0.493 e. The second-order valence-corrected chi connectivity index (χ2v) is 6.00. The van der Waals surface area contributed by atoms with E-state index in [2.05, 4.69) is 15.6 Å². The molecule has 0 radical (unpaired) electrons. The predicted molar refractivity (Wildman–Crippen MR) is 109 cm³/mol. The molecule has 29 heavy (non-hydrogen) atoms. The van der Waals surface area contributed by atoms with Crippen LogP contribution in [0.15, 0.2) is 35.3 Å². The summed E-state index contributed by atoms with van der Waals surface area (Å²) < 4.78 is 30.1. The lowest BCUT2D eigenvalue weighted by Crippen LogP contribution is -2.37. The van der Waals surface area contributed by atoms with E-state index in [0.29, 0.717) is 41.9 Å². The highest BCUT2D eigenvalue weighted by atomic mass is 19.1. The van der Waals surface area contributed by atoms with E-state index < -0.39 is 5.82 Å². The Kier molecular flexibility index (Phi) is 8.10. The van der Waals surface area contributed by atoms with Crippen LogP contribution in [0.1, 0.15) is 23.6 Å². The molecule has 2 rings (SSSR count). The van der Waals surface area contributed by atoms with E-state index in [9.17, 15) is 4.39 Å². The minimum Gasteiger partial charge on any atom is -0.493 e. The number of halogens is 1. The van der Waals surface area contributed by atoms with Gasteiger partial charge in [0.2, 0.25) is 5.75 Å². The van der Waals surface area contributed by atoms with Gasteiger partial charge in [-0.1, -0.05) is 6.07 Å². The third-order valence-electron chi connectivity index (χ3n) is 4.12. The predicted octanol–water partition coefficient (Wildman–Crippen LogP) is 2.98. The normalized spacial score (nSPS) is 10.8. The molecule has 0 atom stereocenters. The molecule has 0 aromatic heterocycles. The Bertz CT molecular complexity index is 884. The third kappa shape index (κ3) is 5.75. The van der Waals surface area contributed by atoms with Crippen LogP contribution in [0.2, 0.25) is 0 Å². The van der Waals surface area contributed by atoms with Gasteiger partial charge >= 0.3 is 0 Å². The zero-order valence-electron chi connectivity index (χ0n) is 17.0. The van der Waals surface area contributed by atoms with Gasteiger partial charge in [-0.15, -0.1) is 0 Å². The number of methoxy groups -OCH3 is 3. The molecule has 0 saturated carbocycles. The minimum absolute atomic E-state index is 0.235. The lowest BCUT2D eigenvalue weighted by molar-refractivity contribution is 0.324. The van der Waals surface area contributed by atoms with Gasteiger partial charge in [-0.05, 0) is 36.8 Å². The van der Waals surface area contributed by atoms with Crippen molar-refractivity contribution >= 4 is 5.96 Å². The SMILES string of the molecule is CCNC(=NCc1cc(OC)c(OC)c(OC)c1)NCc1ccc(C#N)cc1F. The molecule has 0 fully saturated rings. The van der Waals surface area contributed by atoms with E-state index in [-0.39, 0.29) is 12.1 Å². The number of aliphatic imine (C=N–C) groups is 1. The van der Waals surface area contributed by atoms with E-state index in [1.165, 1.54) is 6.07 Å². The van der Waals surface area contributed by atoms with E-state index in [1.807, 2.05) is 25.1 Å². The highest BCUT2D eigenvalue weighted by Gasteiger charge is 2.13. The van der Waals surface area contributed by atoms with Gasteiger partial charge in [0.1, 0.15) is 5.82 Å². The molecule has 0 heterocycles. The second-order valence-electron chi connectivity index (χ2n) is 6.00. The molecule has 0 aliphatic rings. The lowest BCUT2D eigenvalue weighted by atomic mass is 10.1. The molecule has 0 unspecified atom stereocenters. The Morgan fingerprint density at radius 3 is 2.28 bits per heavy atom. The van der Waals surface area contributed by atoms with Crippen molar-refractivity contribution < 1.29 is 18.6 Å². The molecule has 8 heteroatoms. The number of hydrogen-bond donors (Lipinski definition) is 2. The number of ether oxygens (including phenoxy) is 3. The average molecular weight is 400 g/mol. The standard InChI is InChI=1S/C21H25FN4O3/c1-5-24-21(26-13-16-7-6-14(11-23)8-17(16)22)25-12-15-9-18(27-2)20(29-4)19(10-15)28-3/h6-10H,5,12-13H2,1-4H3,(H2,24,25,26). The molecule has 0 spiro atoms. The maximum Gasteiger partial charge on any atom is 0.203 e. The Balaban J connectivity index is 2.16. The van der Waals surface area contributed by atoms with Crippen LogP contribution >= 0.6 is 0 Å². The van der Waals surface area contributed by atoms with Gasteiger partial charge in [0.25, 0.3) is 0 Å². The number of nitrogens with one attached hydrogen (secondary N) is 2. The highest BCUT2D eigenvalue weighted by molar-refractivity contribution is 5.79. The van der Waals surface area contributed by atoms with Crippen LogP contribution in [0.25, 0.3) is 0 Å². The zero-order valence-corrected chi connectivity index (χ0v) is 17.0. The highest BCUT2D eigenvalue weighted by Crippen LogP contribution is 2.38. The molecule has 7 nitrogen and oxygen atoms in total. The summed E-state index contributed by atoms with van der Waals surface area (Å²) in [6, 6.07) is 9.97. The van der Waals surface area contributed by atoms with Crippen molar-refractivity contribution in [2.24, 2.45) is 4.99 Å². The van der Waals surface area contributed by atoms with Crippen molar-refractivity contribution in [2.45, 2.75) is 20.0 Å². The Labute approximate surface area is 170 Å². The van der Waals surface area contributed by atoms with Gasteiger partial charge < -0.3 is 24.8 Å². The van der Waals surface area contributed by atoms with Crippen LogP contribution in [0.4, 0.5) is 4.39 Å². The van der Waals surface area contributed by atoms with Gasteiger partial charge in [-0.2, -0.15) is 5.26 Å². The molecule has 154 valence electrons. The maximum absolute atomic E-state index is 14.1. The first-order valence-corrected chi connectivity index (χ1v) is 9.05. The van der Waals surface area contributed by atoms with Crippen molar-refractivity contribution in [1.82, 2.24) is 10.6 Å². The Morgan fingerprint density at radius 1 is 1.07 bits per heavy atom. The van der Waals surface area contributed by atoms with Crippen LogP contribution in [-0.4, -0.2) is 33.8 Å². The van der Waals surface area contributed by atoms with E-state index in [0.717, 1.165) is 5.56 Å². The number of hydrogen-bond acceptors (Lipinski definition) is 5.